The molecule has 7 nitrogen and oxygen atoms in total. The summed E-state index contributed by atoms with van der Waals surface area (Å²) in [4.78, 5) is 15.3. The molecule has 308 valence electrons. The summed E-state index contributed by atoms with van der Waals surface area (Å²) < 4.78 is 13.9. The topological polar surface area (TPSA) is 83.1 Å². The molecule has 1 saturated heterocycles. The van der Waals surface area contributed by atoms with Gasteiger partial charge in [-0.25, -0.2) is 4.79 Å². The maximum atomic E-state index is 12.6. The summed E-state index contributed by atoms with van der Waals surface area (Å²) in [5, 5.41) is 15.7. The van der Waals surface area contributed by atoms with Gasteiger partial charge in [0.15, 0.2) is 6.29 Å². The minimum atomic E-state index is -0.531. The molecule has 2 amide bonds. The summed E-state index contributed by atoms with van der Waals surface area (Å²) in [5.41, 5.74) is 7.22. The molecule has 4 aromatic carbocycles. The van der Waals surface area contributed by atoms with Gasteiger partial charge in [-0.15, -0.1) is 0 Å². The van der Waals surface area contributed by atoms with Crippen LogP contribution in [0, 0.1) is 5.92 Å². The maximum Gasteiger partial charge on any atom is 0.315 e. The molecule has 4 unspecified atom stereocenters. The number of nitrogens with one attached hydrogen (secondary N) is 2. The fourth-order valence-electron chi connectivity index (χ4n) is 7.86. The van der Waals surface area contributed by atoms with E-state index >= 15 is 0 Å². The van der Waals surface area contributed by atoms with Gasteiger partial charge in [0, 0.05) is 31.1 Å². The molecule has 1 heterocycles. The first-order valence-corrected chi connectivity index (χ1v) is 21.9. The van der Waals surface area contributed by atoms with E-state index in [1.54, 1.807) is 0 Å². The van der Waals surface area contributed by atoms with Crippen LogP contribution in [-0.2, 0) is 29.2 Å². The molecule has 4 aromatic rings. The number of nitrogens with zero attached hydrogens (tertiary/aromatic N) is 1. The Morgan fingerprint density at radius 3 is 1.84 bits per heavy atom. The van der Waals surface area contributed by atoms with Gasteiger partial charge in [-0.1, -0.05) is 176 Å². The second kappa shape index (κ2) is 24.7. The van der Waals surface area contributed by atoms with Gasteiger partial charge < -0.3 is 30.1 Å². The molecule has 7 heteroatoms. The summed E-state index contributed by atoms with van der Waals surface area (Å²) >= 11 is 0. The minimum absolute atomic E-state index is 0.0162. The number of carbonyl (C=O) groups excluding carboxylic acids is 1. The molecule has 0 aromatic heterocycles. The highest BCUT2D eigenvalue weighted by Crippen LogP contribution is 2.42. The van der Waals surface area contributed by atoms with Crippen LogP contribution in [0.15, 0.2) is 103 Å². The molecule has 0 spiro atoms. The van der Waals surface area contributed by atoms with Gasteiger partial charge in [0.2, 0.25) is 0 Å². The van der Waals surface area contributed by atoms with Crippen LogP contribution in [0.1, 0.15) is 138 Å². The van der Waals surface area contributed by atoms with E-state index in [9.17, 15) is 9.90 Å². The number of hydrogen-bond donors (Lipinski definition) is 3. The van der Waals surface area contributed by atoms with Crippen LogP contribution < -0.4 is 10.6 Å². The molecule has 0 aliphatic carbocycles. The van der Waals surface area contributed by atoms with Crippen molar-refractivity contribution >= 4 is 6.03 Å². The number of ether oxygens (including phenoxy) is 2. The molecule has 1 aliphatic rings. The van der Waals surface area contributed by atoms with Gasteiger partial charge in [-0.3, -0.25) is 0 Å². The second-order valence-corrected chi connectivity index (χ2v) is 16.0. The zero-order chi connectivity index (χ0) is 40.1. The minimum Gasteiger partial charge on any atom is -0.392 e. The zero-order valence-electron chi connectivity index (χ0n) is 35.0. The summed E-state index contributed by atoms with van der Waals surface area (Å²) in [6.07, 6.45) is 14.8. The van der Waals surface area contributed by atoms with E-state index in [2.05, 4.69) is 84.8 Å². The van der Waals surface area contributed by atoms with Crippen LogP contribution in [0.3, 0.4) is 0 Å². The molecule has 3 N–H and O–H groups in total. The molecule has 57 heavy (non-hydrogen) atoms. The van der Waals surface area contributed by atoms with E-state index in [1.807, 2.05) is 54.6 Å². The number of rotatable bonds is 24. The van der Waals surface area contributed by atoms with Gasteiger partial charge in [0.25, 0.3) is 0 Å². The molecule has 5 rings (SSSR count). The number of aliphatic hydroxyl groups is 1. The van der Waals surface area contributed by atoms with Crippen molar-refractivity contribution < 1.29 is 19.4 Å². The third kappa shape index (κ3) is 14.7. The predicted molar refractivity (Wildman–Crippen MR) is 234 cm³/mol. The third-order valence-corrected chi connectivity index (χ3v) is 11.4. The van der Waals surface area contributed by atoms with Crippen molar-refractivity contribution in [3.63, 3.8) is 0 Å². The SMILES string of the molecule is CCCCCCCCN(CCCCCCCC)CC1OC(c2cccc(-c3cccc(CNC(=O)NCc4ccccc4)c3)c2)OC(c2ccc(CO)cc2)C1C. The molecule has 0 radical (unpaired) electrons. The fourth-order valence-corrected chi connectivity index (χ4v) is 7.86. The van der Waals surface area contributed by atoms with Crippen LogP contribution in [0.25, 0.3) is 11.1 Å². The monoisotopic (exact) mass is 776 g/mol. The first-order chi connectivity index (χ1) is 28.0. The average molecular weight is 776 g/mol. The lowest BCUT2D eigenvalue weighted by Gasteiger charge is -2.43. The third-order valence-electron chi connectivity index (χ3n) is 11.4. The van der Waals surface area contributed by atoms with Crippen LogP contribution in [0.2, 0.25) is 0 Å². The Morgan fingerprint density at radius 2 is 1.19 bits per heavy atom. The van der Waals surface area contributed by atoms with Gasteiger partial charge in [0.1, 0.15) is 0 Å². The molecule has 0 saturated carbocycles. The Hall–Kier alpha value is -4.01. The number of unbranched alkanes of at least 4 members (excludes halogenated alkanes) is 10. The fraction of sp³-hybridized carbons (Fsp3) is 0.500. The normalized spacial score (nSPS) is 18.1. The van der Waals surface area contributed by atoms with Crippen LogP contribution in [0.4, 0.5) is 4.79 Å². The Balaban J connectivity index is 1.30. The predicted octanol–water partition coefficient (Wildman–Crippen LogP) is 11.7. The summed E-state index contributed by atoms with van der Waals surface area (Å²) in [5.74, 6) is 0.134. The maximum absolute atomic E-state index is 12.6. The summed E-state index contributed by atoms with van der Waals surface area (Å²) in [6, 6.07) is 34.8. The van der Waals surface area contributed by atoms with Crippen LogP contribution in [0.5, 0.6) is 0 Å². The first kappa shape index (κ1) is 44.1. The van der Waals surface area contributed by atoms with Crippen molar-refractivity contribution in [1.29, 1.82) is 0 Å². The lowest BCUT2D eigenvalue weighted by molar-refractivity contribution is -0.276. The van der Waals surface area contributed by atoms with Gasteiger partial charge in [-0.2, -0.15) is 0 Å². The number of hydrogen-bond acceptors (Lipinski definition) is 5. The number of aliphatic hydroxyl groups excluding tert-OH is 1. The lowest BCUT2D eigenvalue weighted by atomic mass is 9.89. The highest BCUT2D eigenvalue weighted by Gasteiger charge is 2.39. The molecule has 1 fully saturated rings. The van der Waals surface area contributed by atoms with E-state index in [1.165, 1.54) is 77.0 Å². The average Bonchev–Trinajstić information content (AvgIpc) is 3.25. The molecular weight excluding hydrogens is 707 g/mol. The van der Waals surface area contributed by atoms with Crippen molar-refractivity contribution in [3.8, 4) is 11.1 Å². The number of carbonyl (C=O) groups is 1. The van der Waals surface area contributed by atoms with Crippen LogP contribution in [-0.4, -0.2) is 41.8 Å². The highest BCUT2D eigenvalue weighted by atomic mass is 16.7. The molecule has 1 aliphatic heterocycles. The number of urea groups is 1. The van der Waals surface area contributed by atoms with Crippen molar-refractivity contribution in [2.75, 3.05) is 19.6 Å². The van der Waals surface area contributed by atoms with E-state index in [4.69, 9.17) is 9.47 Å². The highest BCUT2D eigenvalue weighted by molar-refractivity contribution is 5.74. The van der Waals surface area contributed by atoms with Crippen molar-refractivity contribution in [1.82, 2.24) is 15.5 Å². The van der Waals surface area contributed by atoms with E-state index < -0.39 is 6.29 Å². The first-order valence-electron chi connectivity index (χ1n) is 21.9. The standard InChI is InChI=1S/C50H69N3O4/c1-4-6-8-10-12-17-31-53(32-18-13-11-9-7-5-2)37-47-39(3)48(43-29-27-41(38-54)28-30-43)57-49(56-47)46-26-20-25-45(34-46)44-24-19-23-42(33-44)36-52-50(55)51-35-40-21-15-14-16-22-40/h14-16,19-30,33-34,39,47-49,54H,4-13,17-18,31-32,35-38H2,1-3H3,(H2,51,52,55). The van der Waals surface area contributed by atoms with E-state index in [0.717, 1.165) is 58.6 Å². The van der Waals surface area contributed by atoms with Crippen molar-refractivity contribution in [3.05, 3.63) is 131 Å². The summed E-state index contributed by atoms with van der Waals surface area (Å²) in [7, 11) is 0. The van der Waals surface area contributed by atoms with E-state index in [-0.39, 0.29) is 30.8 Å². The van der Waals surface area contributed by atoms with Crippen molar-refractivity contribution in [2.24, 2.45) is 5.92 Å². The quantitative estimate of drug-likeness (QED) is 0.0618. The van der Waals surface area contributed by atoms with E-state index in [0.29, 0.717) is 13.1 Å². The summed E-state index contributed by atoms with van der Waals surface area (Å²) in [6.45, 7) is 10.8. The van der Waals surface area contributed by atoms with Crippen LogP contribution >= 0.6 is 0 Å². The van der Waals surface area contributed by atoms with Crippen molar-refractivity contribution in [2.45, 2.75) is 136 Å². The molecular formula is C50H69N3O4. The Labute approximate surface area is 343 Å². The zero-order valence-corrected chi connectivity index (χ0v) is 35.0. The molecule has 4 atom stereocenters. The van der Waals surface area contributed by atoms with Gasteiger partial charge >= 0.3 is 6.03 Å². The molecule has 0 bridgehead atoms. The van der Waals surface area contributed by atoms with Gasteiger partial charge in [-0.05, 0) is 71.4 Å². The Morgan fingerprint density at radius 1 is 0.614 bits per heavy atom. The largest absolute Gasteiger partial charge is 0.392 e. The smallest absolute Gasteiger partial charge is 0.315 e. The Bertz CT molecular complexity index is 1700. The lowest BCUT2D eigenvalue weighted by Crippen LogP contribution is -2.45. The second-order valence-electron chi connectivity index (χ2n) is 16.0. The number of amides is 2. The number of benzene rings is 4. The Kier molecular flexibility index (Phi) is 19.1. The van der Waals surface area contributed by atoms with Gasteiger partial charge in [0.05, 0.1) is 18.8 Å².